The van der Waals surface area contributed by atoms with Gasteiger partial charge in [-0.3, -0.25) is 9.48 Å². The fraction of sp³-hybridized carbons (Fsp3) is 0.320. The molecule has 172 valence electrons. The van der Waals surface area contributed by atoms with Gasteiger partial charge in [-0.05, 0) is 52.8 Å². The third-order valence-corrected chi connectivity index (χ3v) is 6.94. The lowest BCUT2D eigenvalue weighted by atomic mass is 9.83. The summed E-state index contributed by atoms with van der Waals surface area (Å²) in [4.78, 5) is 14.4. The van der Waals surface area contributed by atoms with Crippen molar-refractivity contribution in [2.45, 2.75) is 31.4 Å². The Hall–Kier alpha value is -2.56. The number of rotatable bonds is 8. The predicted molar refractivity (Wildman–Crippen MR) is 135 cm³/mol. The molecule has 0 fully saturated rings. The highest BCUT2D eigenvalue weighted by atomic mass is 127. The number of halogens is 1. The van der Waals surface area contributed by atoms with E-state index in [-0.39, 0.29) is 18.4 Å². The number of aliphatic hydroxyl groups is 2. The number of likely N-dealkylation sites (N-methyl/N-ethyl adjacent to an activating group) is 1. The first-order valence-electron chi connectivity index (χ1n) is 10.9. The predicted octanol–water partition coefficient (Wildman–Crippen LogP) is 3.45. The van der Waals surface area contributed by atoms with E-state index in [1.165, 1.54) is 4.90 Å². The maximum atomic E-state index is 12.9. The quantitative estimate of drug-likeness (QED) is 0.327. The van der Waals surface area contributed by atoms with E-state index in [2.05, 4.69) is 32.9 Å². The van der Waals surface area contributed by atoms with Crippen LogP contribution in [-0.2, 0) is 16.9 Å². The molecule has 0 aliphatic carbocycles. The molecule has 0 radical (unpaired) electrons. The Balaban J connectivity index is 1.42. The largest absolute Gasteiger partial charge is 0.395 e. The maximum absolute atomic E-state index is 12.9. The van der Waals surface area contributed by atoms with Crippen LogP contribution in [0.4, 0.5) is 5.69 Å². The molecule has 2 heterocycles. The molecular formula is C25H27IN4O3. The second kappa shape index (κ2) is 9.74. The van der Waals surface area contributed by atoms with E-state index in [4.69, 9.17) is 0 Å². The highest BCUT2D eigenvalue weighted by Gasteiger charge is 2.51. The second-order valence-corrected chi connectivity index (χ2v) is 9.60. The summed E-state index contributed by atoms with van der Waals surface area (Å²) in [5.74, 6) is -0.915. The van der Waals surface area contributed by atoms with Crippen LogP contribution in [0.15, 0.2) is 66.9 Å². The minimum atomic E-state index is -1.58. The minimum absolute atomic E-state index is 0.0401. The minimum Gasteiger partial charge on any atom is -0.395 e. The van der Waals surface area contributed by atoms with Gasteiger partial charge in [-0.25, -0.2) is 0 Å². The van der Waals surface area contributed by atoms with Gasteiger partial charge in [-0.1, -0.05) is 54.6 Å². The number of hydrogen-bond donors (Lipinski definition) is 2. The van der Waals surface area contributed by atoms with Gasteiger partial charge in [0, 0.05) is 34.8 Å². The lowest BCUT2D eigenvalue weighted by Gasteiger charge is -2.27. The van der Waals surface area contributed by atoms with Gasteiger partial charge in [0.15, 0.2) is 5.60 Å². The lowest BCUT2D eigenvalue weighted by Crippen LogP contribution is -2.43. The van der Waals surface area contributed by atoms with Crippen LogP contribution in [0.1, 0.15) is 36.1 Å². The van der Waals surface area contributed by atoms with E-state index in [9.17, 15) is 15.0 Å². The van der Waals surface area contributed by atoms with Crippen LogP contribution in [0.2, 0.25) is 0 Å². The van der Waals surface area contributed by atoms with Crippen molar-refractivity contribution in [3.63, 3.8) is 0 Å². The SMILES string of the molecule is C[C@H](/C=C/CCn1cc(C(CO)c2ccccc2)nn1)[C@@]1(O)C(=O)N(C)c2ccc(I)cc21. The van der Waals surface area contributed by atoms with Gasteiger partial charge in [0.25, 0.3) is 5.91 Å². The van der Waals surface area contributed by atoms with Gasteiger partial charge in [0.2, 0.25) is 0 Å². The summed E-state index contributed by atoms with van der Waals surface area (Å²) in [6.07, 6.45) is 6.37. The average molecular weight is 558 g/mol. The molecule has 33 heavy (non-hydrogen) atoms. The Morgan fingerprint density at radius 2 is 1.97 bits per heavy atom. The summed E-state index contributed by atoms with van der Waals surface area (Å²) in [5.41, 5.74) is 1.54. The molecule has 1 unspecified atom stereocenters. The number of allylic oxidation sites excluding steroid dienone is 1. The summed E-state index contributed by atoms with van der Waals surface area (Å²) < 4.78 is 2.72. The summed E-state index contributed by atoms with van der Waals surface area (Å²) in [7, 11) is 1.69. The molecule has 0 saturated carbocycles. The molecule has 0 spiro atoms. The van der Waals surface area contributed by atoms with Crippen LogP contribution in [0, 0.1) is 9.49 Å². The Morgan fingerprint density at radius 1 is 1.21 bits per heavy atom. The van der Waals surface area contributed by atoms with Crippen LogP contribution < -0.4 is 4.90 Å². The summed E-state index contributed by atoms with van der Waals surface area (Å²) in [6.45, 7) is 2.42. The molecule has 3 atom stereocenters. The number of carbonyl (C=O) groups excluding carboxylic acids is 1. The number of aryl methyl sites for hydroxylation is 1. The molecule has 8 heteroatoms. The standard InChI is InChI=1S/C25H27IN4O3/c1-17(25(33)21-14-19(26)11-12-23(21)29(2)24(25)32)8-6-7-13-30-15-22(27-28-30)20(16-31)18-9-4-3-5-10-18/h3-6,8-12,14-15,17,20,31,33H,7,13,16H2,1-2H3/b8-6+/t17-,20?,25+/m1/s1. The molecule has 0 bridgehead atoms. The lowest BCUT2D eigenvalue weighted by molar-refractivity contribution is -0.139. The molecular weight excluding hydrogens is 531 g/mol. The van der Waals surface area contributed by atoms with Crippen molar-refractivity contribution in [1.29, 1.82) is 0 Å². The molecule has 3 aromatic rings. The Labute approximate surface area is 206 Å². The zero-order valence-corrected chi connectivity index (χ0v) is 20.8. The molecule has 1 aromatic heterocycles. The van der Waals surface area contributed by atoms with Gasteiger partial charge in [-0.15, -0.1) is 5.10 Å². The van der Waals surface area contributed by atoms with Crippen molar-refractivity contribution in [1.82, 2.24) is 15.0 Å². The van der Waals surface area contributed by atoms with E-state index in [0.717, 1.165) is 20.5 Å². The van der Waals surface area contributed by atoms with Gasteiger partial charge >= 0.3 is 0 Å². The van der Waals surface area contributed by atoms with E-state index in [1.54, 1.807) is 11.7 Å². The van der Waals surface area contributed by atoms with E-state index in [0.29, 0.717) is 18.5 Å². The van der Waals surface area contributed by atoms with Gasteiger partial charge < -0.3 is 15.1 Å². The summed E-state index contributed by atoms with van der Waals surface area (Å²) in [5, 5.41) is 29.7. The fourth-order valence-corrected chi connectivity index (χ4v) is 4.80. The molecule has 7 nitrogen and oxygen atoms in total. The monoisotopic (exact) mass is 558 g/mol. The maximum Gasteiger partial charge on any atom is 0.264 e. The van der Waals surface area contributed by atoms with Gasteiger partial charge in [0.05, 0.1) is 23.9 Å². The molecule has 4 rings (SSSR count). The van der Waals surface area contributed by atoms with Crippen molar-refractivity contribution in [3.05, 3.63) is 87.3 Å². The van der Waals surface area contributed by atoms with Crippen molar-refractivity contribution in [2.24, 2.45) is 5.92 Å². The normalized spacial score (nSPS) is 19.8. The summed E-state index contributed by atoms with van der Waals surface area (Å²) >= 11 is 2.19. The molecule has 1 aliphatic heterocycles. The van der Waals surface area contributed by atoms with Crippen molar-refractivity contribution in [3.8, 4) is 0 Å². The average Bonchev–Trinajstić information content (AvgIpc) is 3.36. The first-order chi connectivity index (χ1) is 15.9. The highest BCUT2D eigenvalue weighted by molar-refractivity contribution is 14.1. The number of carbonyl (C=O) groups is 1. The van der Waals surface area contributed by atoms with Crippen molar-refractivity contribution >= 4 is 34.2 Å². The molecule has 1 amide bonds. The van der Waals surface area contributed by atoms with E-state index in [1.807, 2.05) is 73.8 Å². The van der Waals surface area contributed by atoms with Crippen LogP contribution >= 0.6 is 22.6 Å². The number of benzene rings is 2. The topological polar surface area (TPSA) is 91.5 Å². The zero-order chi connectivity index (χ0) is 23.6. The van der Waals surface area contributed by atoms with Crippen molar-refractivity contribution < 1.29 is 15.0 Å². The number of aromatic nitrogens is 3. The van der Waals surface area contributed by atoms with E-state index < -0.39 is 11.5 Å². The number of hydrogen-bond acceptors (Lipinski definition) is 5. The van der Waals surface area contributed by atoms with Crippen LogP contribution in [0.5, 0.6) is 0 Å². The molecule has 1 aliphatic rings. The number of fused-ring (bicyclic) bond motifs is 1. The number of aliphatic hydroxyl groups excluding tert-OH is 1. The van der Waals surface area contributed by atoms with Crippen LogP contribution in [0.25, 0.3) is 0 Å². The zero-order valence-electron chi connectivity index (χ0n) is 18.6. The first-order valence-corrected chi connectivity index (χ1v) is 12.0. The van der Waals surface area contributed by atoms with Crippen LogP contribution in [-0.4, -0.2) is 44.8 Å². The fourth-order valence-electron chi connectivity index (χ4n) is 4.31. The number of amides is 1. The smallest absolute Gasteiger partial charge is 0.264 e. The van der Waals surface area contributed by atoms with Crippen molar-refractivity contribution in [2.75, 3.05) is 18.6 Å². The third-order valence-electron chi connectivity index (χ3n) is 6.27. The first kappa shape index (κ1) is 23.6. The second-order valence-electron chi connectivity index (χ2n) is 8.35. The van der Waals surface area contributed by atoms with E-state index >= 15 is 0 Å². The highest BCUT2D eigenvalue weighted by Crippen LogP contribution is 2.45. The van der Waals surface area contributed by atoms with Gasteiger partial charge in [-0.2, -0.15) is 0 Å². The number of nitrogens with zero attached hydrogens (tertiary/aromatic N) is 4. The van der Waals surface area contributed by atoms with Gasteiger partial charge in [0.1, 0.15) is 0 Å². The Kier molecular flexibility index (Phi) is 6.96. The molecule has 2 aromatic carbocycles. The molecule has 0 saturated heterocycles. The Morgan fingerprint density at radius 3 is 2.70 bits per heavy atom. The summed E-state index contributed by atoms with van der Waals surface area (Å²) in [6, 6.07) is 15.4. The van der Waals surface area contributed by atoms with Crippen LogP contribution in [0.3, 0.4) is 0 Å². The molecule has 2 N–H and O–H groups in total. The third kappa shape index (κ3) is 4.47. The number of anilines is 1. The Bertz CT molecular complexity index is 1160.